The van der Waals surface area contributed by atoms with Crippen LogP contribution in [0.4, 0.5) is 0 Å². The largest absolute Gasteiger partial charge is 0.353 e. The summed E-state index contributed by atoms with van der Waals surface area (Å²) in [6.45, 7) is 1.53. The van der Waals surface area contributed by atoms with E-state index in [1.54, 1.807) is 17.0 Å². The van der Waals surface area contributed by atoms with Crippen molar-refractivity contribution in [3.8, 4) is 0 Å². The van der Waals surface area contributed by atoms with Crippen LogP contribution in [-0.4, -0.2) is 42.3 Å². The Morgan fingerprint density at radius 1 is 1.17 bits per heavy atom. The van der Waals surface area contributed by atoms with Gasteiger partial charge in [0.25, 0.3) is 5.91 Å². The Kier molecular flexibility index (Phi) is 5.67. The smallest absolute Gasteiger partial charge is 0.254 e. The van der Waals surface area contributed by atoms with Crippen molar-refractivity contribution < 1.29 is 14.4 Å². The average molecular weight is 456 g/mol. The van der Waals surface area contributed by atoms with Gasteiger partial charge in [-0.3, -0.25) is 14.4 Å². The van der Waals surface area contributed by atoms with Gasteiger partial charge in [-0.25, -0.2) is 0 Å². The van der Waals surface area contributed by atoms with Crippen molar-refractivity contribution >= 4 is 33.7 Å². The first kappa shape index (κ1) is 19.6. The normalized spacial score (nSPS) is 20.7. The van der Waals surface area contributed by atoms with E-state index in [9.17, 15) is 14.4 Å². The molecule has 4 rings (SSSR count). The first-order valence-corrected chi connectivity index (χ1v) is 10.5. The maximum absolute atomic E-state index is 12.5. The van der Waals surface area contributed by atoms with Gasteiger partial charge in [-0.2, -0.15) is 0 Å². The zero-order valence-corrected chi connectivity index (χ0v) is 17.4. The van der Waals surface area contributed by atoms with Gasteiger partial charge < -0.3 is 15.5 Å². The van der Waals surface area contributed by atoms with Gasteiger partial charge in [-0.1, -0.05) is 40.2 Å². The van der Waals surface area contributed by atoms with E-state index in [-0.39, 0.29) is 36.1 Å². The monoisotopic (exact) mass is 455 g/mol. The van der Waals surface area contributed by atoms with Crippen LogP contribution in [0.1, 0.15) is 33.8 Å². The van der Waals surface area contributed by atoms with E-state index in [4.69, 9.17) is 0 Å². The first-order valence-electron chi connectivity index (χ1n) is 9.69. The molecule has 1 saturated heterocycles. The summed E-state index contributed by atoms with van der Waals surface area (Å²) in [5.41, 5.74) is 2.67. The number of hydrogen-bond donors (Lipinski definition) is 2. The maximum Gasteiger partial charge on any atom is 0.254 e. The molecule has 2 aromatic carbocycles. The Hall–Kier alpha value is -2.67. The Morgan fingerprint density at radius 3 is 2.69 bits per heavy atom. The zero-order valence-electron chi connectivity index (χ0n) is 15.9. The van der Waals surface area contributed by atoms with Crippen molar-refractivity contribution in [2.24, 2.45) is 5.92 Å². The lowest BCUT2D eigenvalue weighted by atomic mass is 10.1. The van der Waals surface area contributed by atoms with Gasteiger partial charge in [0.15, 0.2) is 0 Å². The molecule has 1 aliphatic heterocycles. The number of nitrogens with zero attached hydrogens (tertiary/aromatic N) is 1. The highest BCUT2D eigenvalue weighted by molar-refractivity contribution is 9.10. The molecule has 1 heterocycles. The number of piperazine rings is 1. The van der Waals surface area contributed by atoms with E-state index in [2.05, 4.69) is 38.7 Å². The summed E-state index contributed by atoms with van der Waals surface area (Å²) >= 11 is 3.47. The van der Waals surface area contributed by atoms with Crippen LogP contribution in [-0.2, 0) is 16.1 Å². The van der Waals surface area contributed by atoms with Gasteiger partial charge in [0.05, 0.1) is 6.54 Å². The fourth-order valence-corrected chi connectivity index (χ4v) is 4.09. The Labute approximate surface area is 177 Å². The van der Waals surface area contributed by atoms with Gasteiger partial charge in [0.1, 0.15) is 0 Å². The van der Waals surface area contributed by atoms with Crippen molar-refractivity contribution in [1.29, 1.82) is 0 Å². The van der Waals surface area contributed by atoms with Crippen molar-refractivity contribution in [2.75, 3.05) is 19.6 Å². The number of nitrogens with one attached hydrogen (secondary N) is 2. The third kappa shape index (κ3) is 4.67. The summed E-state index contributed by atoms with van der Waals surface area (Å²) in [6.07, 6.45) is 0.874. The topological polar surface area (TPSA) is 78.5 Å². The van der Waals surface area contributed by atoms with E-state index in [1.807, 2.05) is 24.3 Å². The maximum atomic E-state index is 12.5. The highest BCUT2D eigenvalue weighted by atomic mass is 79.9. The van der Waals surface area contributed by atoms with Gasteiger partial charge in [-0.15, -0.1) is 0 Å². The van der Waals surface area contributed by atoms with Crippen molar-refractivity contribution in [2.45, 2.75) is 18.9 Å². The Morgan fingerprint density at radius 2 is 1.97 bits per heavy atom. The van der Waals surface area contributed by atoms with Crippen molar-refractivity contribution in [3.63, 3.8) is 0 Å². The average Bonchev–Trinajstić information content (AvgIpc) is 3.53. The second-order valence-electron chi connectivity index (χ2n) is 7.50. The SMILES string of the molecule is O=C1CN(C(=O)c2ccc(CNC(=O)C3CC3c3cccc(Br)c3)cc2)CCN1. The molecule has 3 amide bonds. The molecule has 1 saturated carbocycles. The van der Waals surface area contributed by atoms with Gasteiger partial charge in [-0.05, 0) is 47.7 Å². The number of carbonyl (C=O) groups is 3. The molecule has 7 heteroatoms. The van der Waals surface area contributed by atoms with Crippen molar-refractivity contribution in [3.05, 3.63) is 69.7 Å². The summed E-state index contributed by atoms with van der Waals surface area (Å²) in [5.74, 6) is 0.0922. The van der Waals surface area contributed by atoms with Crippen LogP contribution in [0.3, 0.4) is 0 Å². The first-order chi connectivity index (χ1) is 14.0. The number of benzene rings is 2. The minimum absolute atomic E-state index is 0.0235. The fraction of sp³-hybridized carbons (Fsp3) is 0.318. The molecule has 2 aromatic rings. The van der Waals surface area contributed by atoms with E-state index >= 15 is 0 Å². The summed E-state index contributed by atoms with van der Waals surface area (Å²) in [5, 5.41) is 5.70. The number of rotatable bonds is 5. The van der Waals surface area contributed by atoms with E-state index in [0.717, 1.165) is 16.5 Å². The molecule has 0 aromatic heterocycles. The third-order valence-electron chi connectivity index (χ3n) is 5.40. The van der Waals surface area contributed by atoms with E-state index in [1.165, 1.54) is 5.56 Å². The summed E-state index contributed by atoms with van der Waals surface area (Å²) in [6, 6.07) is 15.3. The standard InChI is InChI=1S/C22H22BrN3O3/c23-17-3-1-2-16(10-17)18-11-19(18)21(28)25-12-14-4-6-15(7-5-14)22(29)26-9-8-24-20(27)13-26/h1-7,10,18-19H,8-9,11-13H2,(H,24,27)(H,25,28). The van der Waals surface area contributed by atoms with Crippen LogP contribution in [0.15, 0.2) is 53.0 Å². The van der Waals surface area contributed by atoms with Crippen LogP contribution < -0.4 is 10.6 Å². The highest BCUT2D eigenvalue weighted by Gasteiger charge is 2.43. The number of halogens is 1. The van der Waals surface area contributed by atoms with Crippen molar-refractivity contribution in [1.82, 2.24) is 15.5 Å². The summed E-state index contributed by atoms with van der Waals surface area (Å²) in [4.78, 5) is 37.9. The minimum Gasteiger partial charge on any atom is -0.353 e. The number of hydrogen-bond acceptors (Lipinski definition) is 3. The minimum atomic E-state index is -0.148. The lowest BCUT2D eigenvalue weighted by Crippen LogP contribution is -2.49. The van der Waals surface area contributed by atoms with Crippen LogP contribution in [0, 0.1) is 5.92 Å². The Balaban J connectivity index is 1.29. The number of carbonyl (C=O) groups excluding carboxylic acids is 3. The molecule has 2 N–H and O–H groups in total. The van der Waals surface area contributed by atoms with Gasteiger partial charge in [0.2, 0.25) is 11.8 Å². The second kappa shape index (κ2) is 8.37. The highest BCUT2D eigenvalue weighted by Crippen LogP contribution is 2.47. The Bertz CT molecular complexity index is 945. The molecule has 150 valence electrons. The summed E-state index contributed by atoms with van der Waals surface area (Å²) < 4.78 is 1.03. The molecule has 0 spiro atoms. The zero-order chi connectivity index (χ0) is 20.4. The molecule has 1 aliphatic carbocycles. The van der Waals surface area contributed by atoms with Crippen LogP contribution in [0.25, 0.3) is 0 Å². The molecule has 2 aliphatic rings. The molecule has 2 atom stereocenters. The molecule has 29 heavy (non-hydrogen) atoms. The lowest BCUT2D eigenvalue weighted by Gasteiger charge is -2.26. The van der Waals surface area contributed by atoms with Crippen LogP contribution in [0.5, 0.6) is 0 Å². The van der Waals surface area contributed by atoms with E-state index in [0.29, 0.717) is 25.2 Å². The molecule has 2 fully saturated rings. The predicted molar refractivity (Wildman–Crippen MR) is 112 cm³/mol. The van der Waals surface area contributed by atoms with Crippen LogP contribution >= 0.6 is 15.9 Å². The fourth-order valence-electron chi connectivity index (χ4n) is 3.67. The molecular weight excluding hydrogens is 434 g/mol. The molecular formula is C22H22BrN3O3. The third-order valence-corrected chi connectivity index (χ3v) is 5.89. The molecule has 0 bridgehead atoms. The quantitative estimate of drug-likeness (QED) is 0.726. The van der Waals surface area contributed by atoms with E-state index < -0.39 is 0 Å². The summed E-state index contributed by atoms with van der Waals surface area (Å²) in [7, 11) is 0. The predicted octanol–water partition coefficient (Wildman–Crippen LogP) is 2.44. The van der Waals surface area contributed by atoms with Gasteiger partial charge >= 0.3 is 0 Å². The molecule has 2 unspecified atom stereocenters. The molecule has 6 nitrogen and oxygen atoms in total. The lowest BCUT2D eigenvalue weighted by molar-refractivity contribution is -0.123. The number of amides is 3. The van der Waals surface area contributed by atoms with Gasteiger partial charge in [0, 0.05) is 35.6 Å². The molecule has 0 radical (unpaired) electrons. The van der Waals surface area contributed by atoms with Crippen LogP contribution in [0.2, 0.25) is 0 Å². The second-order valence-corrected chi connectivity index (χ2v) is 8.41.